The number of H-pyrrole nitrogens is 1. The summed E-state index contributed by atoms with van der Waals surface area (Å²) in [6, 6.07) is 7.19. The van der Waals surface area contributed by atoms with E-state index < -0.39 is 0 Å². The summed E-state index contributed by atoms with van der Waals surface area (Å²) in [5.41, 5.74) is 0.728. The van der Waals surface area contributed by atoms with E-state index in [9.17, 15) is 4.79 Å². The molecule has 0 spiro atoms. The average molecular weight is 334 g/mol. The highest BCUT2D eigenvalue weighted by Crippen LogP contribution is 2.27. The molecule has 3 rings (SSSR count). The number of amides is 1. The Hall–Kier alpha value is -2.06. The number of carbonyl (C=O) groups excluding carboxylic acids is 1. The minimum absolute atomic E-state index is 0.00461. The topological polar surface area (TPSA) is 89.1 Å². The number of nitrogens with zero attached hydrogens (tertiary/aromatic N) is 2. The van der Waals surface area contributed by atoms with E-state index >= 15 is 0 Å². The zero-order chi connectivity index (χ0) is 16.1. The summed E-state index contributed by atoms with van der Waals surface area (Å²) in [4.78, 5) is 16.3. The van der Waals surface area contributed by atoms with Gasteiger partial charge in [0.15, 0.2) is 5.82 Å². The minimum Gasteiger partial charge on any atom is -0.497 e. The maximum Gasteiger partial charge on any atom is 0.234 e. The van der Waals surface area contributed by atoms with Crippen molar-refractivity contribution in [1.82, 2.24) is 15.2 Å². The van der Waals surface area contributed by atoms with Crippen LogP contribution in [0.15, 0.2) is 29.4 Å². The maximum absolute atomic E-state index is 11.9. The fraction of sp³-hybridized carbons (Fsp3) is 0.400. The number of thioether (sulfide) groups is 1. The number of benzene rings is 1. The maximum atomic E-state index is 11.9. The van der Waals surface area contributed by atoms with Crippen LogP contribution in [0.3, 0.4) is 0 Å². The smallest absolute Gasteiger partial charge is 0.234 e. The number of rotatable bonds is 6. The van der Waals surface area contributed by atoms with Crippen molar-refractivity contribution in [1.29, 1.82) is 0 Å². The molecule has 7 nitrogen and oxygen atoms in total. The lowest BCUT2D eigenvalue weighted by Gasteiger charge is -2.05. The Bertz CT molecular complexity index is 653. The third-order valence-electron chi connectivity index (χ3n) is 3.42. The fourth-order valence-electron chi connectivity index (χ4n) is 2.26. The lowest BCUT2D eigenvalue weighted by atomic mass is 10.2. The van der Waals surface area contributed by atoms with Crippen molar-refractivity contribution < 1.29 is 14.3 Å². The molecule has 1 aromatic carbocycles. The summed E-state index contributed by atoms with van der Waals surface area (Å²) in [5, 5.41) is 10.4. The first-order valence-corrected chi connectivity index (χ1v) is 8.34. The molecular formula is C15H18N4O3S. The Morgan fingerprint density at radius 3 is 3.00 bits per heavy atom. The highest BCUT2D eigenvalue weighted by atomic mass is 32.2. The number of methoxy groups -OCH3 is 1. The molecule has 2 aromatic rings. The number of aromatic nitrogens is 3. The van der Waals surface area contributed by atoms with E-state index in [1.54, 1.807) is 31.4 Å². The monoisotopic (exact) mass is 334 g/mol. The van der Waals surface area contributed by atoms with Crippen LogP contribution >= 0.6 is 11.8 Å². The van der Waals surface area contributed by atoms with E-state index in [0.29, 0.717) is 5.16 Å². The van der Waals surface area contributed by atoms with Gasteiger partial charge in [-0.05, 0) is 37.1 Å². The van der Waals surface area contributed by atoms with Crippen molar-refractivity contribution in [3.05, 3.63) is 30.1 Å². The number of ether oxygens (including phenoxy) is 2. The van der Waals surface area contributed by atoms with Gasteiger partial charge in [-0.15, -0.1) is 5.10 Å². The second-order valence-corrected chi connectivity index (χ2v) is 6.01. The van der Waals surface area contributed by atoms with Gasteiger partial charge >= 0.3 is 0 Å². The molecule has 1 saturated heterocycles. The summed E-state index contributed by atoms with van der Waals surface area (Å²) in [7, 11) is 1.60. The first-order chi connectivity index (χ1) is 11.2. The van der Waals surface area contributed by atoms with Gasteiger partial charge in [-0.2, -0.15) is 0 Å². The summed E-state index contributed by atoms with van der Waals surface area (Å²) >= 11 is 1.29. The quantitative estimate of drug-likeness (QED) is 0.789. The second kappa shape index (κ2) is 7.47. The first kappa shape index (κ1) is 15.8. The van der Waals surface area contributed by atoms with Gasteiger partial charge in [0.2, 0.25) is 11.1 Å². The lowest BCUT2D eigenvalue weighted by molar-refractivity contribution is -0.113. The van der Waals surface area contributed by atoms with E-state index in [-0.39, 0.29) is 17.8 Å². The van der Waals surface area contributed by atoms with Crippen LogP contribution in [0.1, 0.15) is 24.8 Å². The molecule has 0 aliphatic carbocycles. The van der Waals surface area contributed by atoms with Gasteiger partial charge in [-0.3, -0.25) is 9.89 Å². The zero-order valence-electron chi connectivity index (χ0n) is 12.7. The molecule has 23 heavy (non-hydrogen) atoms. The lowest BCUT2D eigenvalue weighted by Crippen LogP contribution is -2.14. The standard InChI is InChI=1S/C15H18N4O3S/c1-21-11-6-4-10(5-7-11)16-13(20)9-23-15-17-14(18-19-15)12-3-2-8-22-12/h4-7,12H,2-3,8-9H2,1H3,(H,16,20)(H,17,18,19)/t12-/m0/s1. The molecule has 1 aliphatic rings. The van der Waals surface area contributed by atoms with Crippen LogP contribution in [0.5, 0.6) is 5.75 Å². The largest absolute Gasteiger partial charge is 0.497 e. The zero-order valence-corrected chi connectivity index (χ0v) is 13.6. The van der Waals surface area contributed by atoms with Crippen LogP contribution < -0.4 is 10.1 Å². The molecule has 1 amide bonds. The average Bonchev–Trinajstić information content (AvgIpc) is 3.25. The Morgan fingerprint density at radius 1 is 1.48 bits per heavy atom. The van der Waals surface area contributed by atoms with Crippen molar-refractivity contribution >= 4 is 23.4 Å². The number of hydrogen-bond donors (Lipinski definition) is 2. The Kier molecular flexibility index (Phi) is 5.14. The van der Waals surface area contributed by atoms with E-state index in [0.717, 1.165) is 36.7 Å². The van der Waals surface area contributed by atoms with E-state index in [1.807, 2.05) is 0 Å². The second-order valence-electron chi connectivity index (χ2n) is 5.07. The summed E-state index contributed by atoms with van der Waals surface area (Å²) < 4.78 is 10.6. The highest BCUT2D eigenvalue weighted by Gasteiger charge is 2.21. The van der Waals surface area contributed by atoms with Crippen molar-refractivity contribution in [2.24, 2.45) is 0 Å². The summed E-state index contributed by atoms with van der Waals surface area (Å²) in [6.45, 7) is 0.762. The molecule has 8 heteroatoms. The summed E-state index contributed by atoms with van der Waals surface area (Å²) in [5.74, 6) is 1.62. The molecule has 1 aliphatic heterocycles. The van der Waals surface area contributed by atoms with Crippen LogP contribution in [-0.4, -0.2) is 40.6 Å². The summed E-state index contributed by atoms with van der Waals surface area (Å²) in [6.07, 6.45) is 2.00. The Labute approximate surface area is 138 Å². The molecule has 2 N–H and O–H groups in total. The molecule has 0 saturated carbocycles. The van der Waals surface area contributed by atoms with Gasteiger partial charge < -0.3 is 14.8 Å². The third kappa shape index (κ3) is 4.23. The molecule has 1 atom stereocenters. The third-order valence-corrected chi connectivity index (χ3v) is 4.27. The first-order valence-electron chi connectivity index (χ1n) is 7.35. The van der Waals surface area contributed by atoms with Crippen molar-refractivity contribution in [2.75, 3.05) is 24.8 Å². The minimum atomic E-state index is -0.108. The molecule has 1 fully saturated rings. The molecule has 0 unspecified atom stereocenters. The van der Waals surface area contributed by atoms with Crippen molar-refractivity contribution in [2.45, 2.75) is 24.1 Å². The Balaban J connectivity index is 1.48. The van der Waals surface area contributed by atoms with E-state index in [4.69, 9.17) is 9.47 Å². The highest BCUT2D eigenvalue weighted by molar-refractivity contribution is 7.99. The van der Waals surface area contributed by atoms with Crippen LogP contribution in [0, 0.1) is 0 Å². The van der Waals surface area contributed by atoms with Crippen LogP contribution in [0.4, 0.5) is 5.69 Å². The predicted octanol–water partition coefficient (Wildman–Crippen LogP) is 2.40. The van der Waals surface area contributed by atoms with Gasteiger partial charge in [0.1, 0.15) is 11.9 Å². The Morgan fingerprint density at radius 2 is 2.30 bits per heavy atom. The number of carbonyl (C=O) groups is 1. The SMILES string of the molecule is COc1ccc(NC(=O)CSc2n[nH]c([C@@H]3CCCO3)n2)cc1. The van der Waals surface area contributed by atoms with Gasteiger partial charge in [-0.25, -0.2) is 4.98 Å². The normalized spacial score (nSPS) is 17.2. The number of nitrogens with one attached hydrogen (secondary N) is 2. The molecular weight excluding hydrogens is 316 g/mol. The van der Waals surface area contributed by atoms with E-state index in [2.05, 4.69) is 20.5 Å². The molecule has 1 aromatic heterocycles. The van der Waals surface area contributed by atoms with Gasteiger partial charge in [0, 0.05) is 12.3 Å². The van der Waals surface area contributed by atoms with Crippen molar-refractivity contribution in [3.8, 4) is 5.75 Å². The van der Waals surface area contributed by atoms with Crippen LogP contribution in [0.2, 0.25) is 0 Å². The van der Waals surface area contributed by atoms with Gasteiger partial charge in [-0.1, -0.05) is 11.8 Å². The van der Waals surface area contributed by atoms with Crippen molar-refractivity contribution in [3.63, 3.8) is 0 Å². The number of hydrogen-bond acceptors (Lipinski definition) is 6. The van der Waals surface area contributed by atoms with Gasteiger partial charge in [0.05, 0.1) is 12.9 Å². The number of aromatic amines is 1. The van der Waals surface area contributed by atoms with Crippen LogP contribution in [0.25, 0.3) is 0 Å². The van der Waals surface area contributed by atoms with E-state index in [1.165, 1.54) is 11.8 Å². The fourth-order valence-corrected chi connectivity index (χ4v) is 2.87. The predicted molar refractivity (Wildman–Crippen MR) is 86.7 cm³/mol. The number of anilines is 1. The molecule has 0 bridgehead atoms. The molecule has 0 radical (unpaired) electrons. The van der Waals surface area contributed by atoms with Gasteiger partial charge in [0.25, 0.3) is 0 Å². The molecule has 2 heterocycles. The van der Waals surface area contributed by atoms with Crippen LogP contribution in [-0.2, 0) is 9.53 Å². The molecule has 122 valence electrons.